The summed E-state index contributed by atoms with van der Waals surface area (Å²) in [7, 11) is 0. The van der Waals surface area contributed by atoms with E-state index in [1.807, 2.05) is 0 Å². The van der Waals surface area contributed by atoms with Crippen LogP contribution in [0, 0.1) is 5.92 Å². The molecule has 0 aromatic carbocycles. The van der Waals surface area contributed by atoms with Crippen molar-refractivity contribution in [1.29, 1.82) is 0 Å². The van der Waals surface area contributed by atoms with E-state index in [4.69, 9.17) is 4.74 Å². The summed E-state index contributed by atoms with van der Waals surface area (Å²) < 4.78 is 6.95. The van der Waals surface area contributed by atoms with Gasteiger partial charge in [-0.2, -0.15) is 4.52 Å². The zero-order chi connectivity index (χ0) is 19.5. The van der Waals surface area contributed by atoms with E-state index >= 15 is 0 Å². The minimum absolute atomic E-state index is 0.0315. The number of carbonyl (C=O) groups is 1. The molecule has 8 nitrogen and oxygen atoms in total. The third-order valence-electron chi connectivity index (χ3n) is 5.46. The van der Waals surface area contributed by atoms with Crippen LogP contribution in [0.4, 0.5) is 5.13 Å². The van der Waals surface area contributed by atoms with Crippen molar-refractivity contribution < 1.29 is 9.53 Å². The summed E-state index contributed by atoms with van der Waals surface area (Å²) in [6.45, 7) is 5.01. The van der Waals surface area contributed by atoms with E-state index in [9.17, 15) is 9.59 Å². The molecule has 4 rings (SSSR count). The van der Waals surface area contributed by atoms with Crippen molar-refractivity contribution in [2.24, 2.45) is 5.92 Å². The molecule has 2 aromatic heterocycles. The van der Waals surface area contributed by atoms with Crippen molar-refractivity contribution in [3.63, 3.8) is 0 Å². The van der Waals surface area contributed by atoms with Gasteiger partial charge in [-0.3, -0.25) is 9.59 Å². The Bertz CT molecular complexity index is 881. The number of carbonyl (C=O) groups excluding carboxylic acids is 1. The average Bonchev–Trinajstić information content (AvgIpc) is 3.36. The number of nitrogens with zero attached hydrogens (tertiary/aromatic N) is 4. The summed E-state index contributed by atoms with van der Waals surface area (Å²) in [5, 5.41) is 8.31. The zero-order valence-electron chi connectivity index (χ0n) is 16.2. The Balaban J connectivity index is 1.36. The predicted octanol–water partition coefficient (Wildman–Crippen LogP) is 1.62. The lowest BCUT2D eigenvalue weighted by molar-refractivity contribution is -0.126. The van der Waals surface area contributed by atoms with E-state index in [1.165, 1.54) is 15.9 Å². The van der Waals surface area contributed by atoms with Crippen LogP contribution in [0.1, 0.15) is 44.7 Å². The number of aryl methyl sites for hydroxylation is 1. The Kier molecular flexibility index (Phi) is 5.91. The van der Waals surface area contributed by atoms with Crippen LogP contribution in [-0.2, 0) is 16.0 Å². The molecule has 1 amide bonds. The molecule has 2 aromatic rings. The van der Waals surface area contributed by atoms with E-state index in [2.05, 4.69) is 27.2 Å². The number of nitrogens with one attached hydrogen (secondary N) is 1. The van der Waals surface area contributed by atoms with Crippen LogP contribution in [0.25, 0.3) is 4.96 Å². The highest BCUT2D eigenvalue weighted by molar-refractivity contribution is 7.20. The summed E-state index contributed by atoms with van der Waals surface area (Å²) in [6, 6.07) is 1.57. The Morgan fingerprint density at radius 2 is 2.18 bits per heavy atom. The van der Waals surface area contributed by atoms with Crippen LogP contribution < -0.4 is 15.8 Å². The van der Waals surface area contributed by atoms with Gasteiger partial charge in [0.2, 0.25) is 16.0 Å². The molecule has 0 saturated carbocycles. The quantitative estimate of drug-likeness (QED) is 0.786. The molecule has 9 heteroatoms. The molecule has 0 bridgehead atoms. The Morgan fingerprint density at radius 3 is 2.89 bits per heavy atom. The van der Waals surface area contributed by atoms with Gasteiger partial charge in [0.05, 0.1) is 6.10 Å². The van der Waals surface area contributed by atoms with Crippen LogP contribution in [-0.4, -0.2) is 52.9 Å². The summed E-state index contributed by atoms with van der Waals surface area (Å²) >= 11 is 1.44. The average molecular weight is 406 g/mol. The molecule has 0 spiro atoms. The normalized spacial score (nSPS) is 20.8. The first-order chi connectivity index (χ1) is 13.6. The highest BCUT2D eigenvalue weighted by Gasteiger charge is 2.27. The monoisotopic (exact) mass is 405 g/mol. The Hall–Kier alpha value is -2.00. The van der Waals surface area contributed by atoms with Crippen LogP contribution in [0.15, 0.2) is 10.9 Å². The summed E-state index contributed by atoms with van der Waals surface area (Å²) in [5.41, 5.74) is 0.698. The number of aromatic nitrogens is 3. The van der Waals surface area contributed by atoms with Crippen molar-refractivity contribution in [2.45, 2.75) is 51.6 Å². The van der Waals surface area contributed by atoms with Crippen LogP contribution in [0.2, 0.25) is 0 Å². The van der Waals surface area contributed by atoms with Crippen molar-refractivity contribution in [2.75, 3.05) is 31.1 Å². The van der Waals surface area contributed by atoms with Gasteiger partial charge >= 0.3 is 0 Å². The second-order valence-electron chi connectivity index (χ2n) is 7.56. The SMILES string of the molecule is CCCc1cc(=O)n2nc(N3CCC(C(=O)NC[C@@H]4CCCO4)CC3)sc2n1. The number of anilines is 1. The zero-order valence-corrected chi connectivity index (χ0v) is 17.0. The highest BCUT2D eigenvalue weighted by Crippen LogP contribution is 2.27. The van der Waals surface area contributed by atoms with Gasteiger partial charge in [-0.05, 0) is 32.1 Å². The fourth-order valence-electron chi connectivity index (χ4n) is 3.86. The molecular weight excluding hydrogens is 378 g/mol. The largest absolute Gasteiger partial charge is 0.376 e. The minimum atomic E-state index is -0.126. The minimum Gasteiger partial charge on any atom is -0.376 e. The Morgan fingerprint density at radius 1 is 1.36 bits per heavy atom. The first-order valence-corrected chi connectivity index (χ1v) is 11.0. The van der Waals surface area contributed by atoms with Crippen LogP contribution in [0.5, 0.6) is 0 Å². The van der Waals surface area contributed by atoms with Crippen molar-refractivity contribution in [3.8, 4) is 0 Å². The van der Waals surface area contributed by atoms with Gasteiger partial charge in [0.25, 0.3) is 5.56 Å². The van der Waals surface area contributed by atoms with Crippen LogP contribution in [0.3, 0.4) is 0 Å². The number of hydrogen-bond donors (Lipinski definition) is 1. The molecule has 2 aliphatic heterocycles. The number of piperidine rings is 1. The second-order valence-corrected chi connectivity index (χ2v) is 8.49. The number of hydrogen-bond acceptors (Lipinski definition) is 7. The molecule has 1 N–H and O–H groups in total. The molecule has 0 aliphatic carbocycles. The molecule has 4 heterocycles. The first-order valence-electron chi connectivity index (χ1n) is 10.2. The van der Waals surface area contributed by atoms with Gasteiger partial charge in [-0.1, -0.05) is 24.7 Å². The lowest BCUT2D eigenvalue weighted by Gasteiger charge is -2.30. The molecular formula is C19H27N5O3S. The van der Waals surface area contributed by atoms with Gasteiger partial charge in [0, 0.05) is 43.9 Å². The maximum atomic E-state index is 12.4. The molecule has 28 heavy (non-hydrogen) atoms. The van der Waals surface area contributed by atoms with Crippen LogP contribution >= 0.6 is 11.3 Å². The summed E-state index contributed by atoms with van der Waals surface area (Å²) in [5.74, 6) is 0.158. The number of amides is 1. The van der Waals surface area contributed by atoms with E-state index in [1.54, 1.807) is 6.07 Å². The molecule has 1 atom stereocenters. The number of ether oxygens (including phenoxy) is 1. The van der Waals surface area contributed by atoms with Crippen molar-refractivity contribution in [1.82, 2.24) is 19.9 Å². The fraction of sp³-hybridized carbons (Fsp3) is 0.684. The maximum absolute atomic E-state index is 12.4. The van der Waals surface area contributed by atoms with Gasteiger partial charge < -0.3 is 15.0 Å². The maximum Gasteiger partial charge on any atom is 0.275 e. The first kappa shape index (κ1) is 19.3. The van der Waals surface area contributed by atoms with Crippen molar-refractivity contribution in [3.05, 3.63) is 22.1 Å². The second kappa shape index (κ2) is 8.57. The smallest absolute Gasteiger partial charge is 0.275 e. The fourth-order valence-corrected chi connectivity index (χ4v) is 4.83. The number of rotatable bonds is 6. The standard InChI is InChI=1S/C19H27N5O3S/c1-2-4-14-11-16(25)24-18(21-14)28-19(22-24)23-8-6-13(7-9-23)17(26)20-12-15-5-3-10-27-15/h11,13,15H,2-10,12H2,1H3,(H,20,26)/t15-/m0/s1. The van der Waals surface area contributed by atoms with Gasteiger partial charge in [0.15, 0.2) is 0 Å². The topological polar surface area (TPSA) is 88.8 Å². The van der Waals surface area contributed by atoms with E-state index in [-0.39, 0.29) is 23.5 Å². The molecule has 2 saturated heterocycles. The predicted molar refractivity (Wildman–Crippen MR) is 108 cm³/mol. The third-order valence-corrected chi connectivity index (χ3v) is 6.43. The highest BCUT2D eigenvalue weighted by atomic mass is 32.1. The third kappa shape index (κ3) is 4.20. The molecule has 152 valence electrons. The molecule has 0 radical (unpaired) electrons. The Labute approximate surface area is 167 Å². The van der Waals surface area contributed by atoms with E-state index in [0.29, 0.717) is 11.5 Å². The van der Waals surface area contributed by atoms with Gasteiger partial charge in [-0.15, -0.1) is 5.10 Å². The molecule has 2 fully saturated rings. The number of fused-ring (bicyclic) bond motifs is 1. The summed E-state index contributed by atoms with van der Waals surface area (Å²) in [6.07, 6.45) is 5.62. The van der Waals surface area contributed by atoms with Gasteiger partial charge in [-0.25, -0.2) is 4.98 Å². The lowest BCUT2D eigenvalue weighted by Crippen LogP contribution is -2.42. The molecule has 0 unspecified atom stereocenters. The molecule has 2 aliphatic rings. The van der Waals surface area contributed by atoms with E-state index < -0.39 is 0 Å². The van der Waals surface area contributed by atoms with Gasteiger partial charge in [0.1, 0.15) is 0 Å². The lowest BCUT2D eigenvalue weighted by atomic mass is 9.96. The van der Waals surface area contributed by atoms with Crippen molar-refractivity contribution >= 4 is 27.3 Å². The van der Waals surface area contributed by atoms with E-state index in [0.717, 1.165) is 69.0 Å². The summed E-state index contributed by atoms with van der Waals surface area (Å²) in [4.78, 5) is 32.1.